The Kier molecular flexibility index (Phi) is 13.7. The fourth-order valence-electron chi connectivity index (χ4n) is 7.96. The first-order valence-corrected chi connectivity index (χ1v) is 19.5. The molecular weight excluding hydrogens is 676 g/mol. The lowest BCUT2D eigenvalue weighted by atomic mass is 9.63. The zero-order valence-corrected chi connectivity index (χ0v) is 32.8. The summed E-state index contributed by atoms with van der Waals surface area (Å²) >= 11 is 0. The normalized spacial score (nSPS) is 23.0. The minimum absolute atomic E-state index is 0.0569. The van der Waals surface area contributed by atoms with Crippen LogP contribution >= 0.6 is 0 Å². The summed E-state index contributed by atoms with van der Waals surface area (Å²) in [5.41, 5.74) is -0.558. The van der Waals surface area contributed by atoms with Crippen molar-refractivity contribution >= 4 is 35.6 Å². The van der Waals surface area contributed by atoms with Gasteiger partial charge in [0.15, 0.2) is 0 Å². The smallest absolute Gasteiger partial charge is 0.407 e. The average Bonchev–Trinajstić information content (AvgIpc) is 3.87. The fourth-order valence-corrected chi connectivity index (χ4v) is 7.96. The molecule has 53 heavy (non-hydrogen) atoms. The van der Waals surface area contributed by atoms with Crippen molar-refractivity contribution in [1.82, 2.24) is 31.5 Å². The van der Waals surface area contributed by atoms with E-state index >= 15 is 0 Å². The molecule has 1 aliphatic heterocycles. The van der Waals surface area contributed by atoms with Crippen molar-refractivity contribution in [3.8, 4) is 12.3 Å². The highest BCUT2D eigenvalue weighted by atomic mass is 16.5. The lowest BCUT2D eigenvalue weighted by Gasteiger charge is -2.44. The van der Waals surface area contributed by atoms with Crippen LogP contribution in [-0.4, -0.2) is 90.9 Å². The van der Waals surface area contributed by atoms with Crippen LogP contribution in [0.3, 0.4) is 0 Å². The van der Waals surface area contributed by atoms with Gasteiger partial charge in [-0.25, -0.2) is 9.59 Å². The molecule has 2 saturated carbocycles. The van der Waals surface area contributed by atoms with Gasteiger partial charge < -0.3 is 36.2 Å². The first-order chi connectivity index (χ1) is 24.9. The maximum absolute atomic E-state index is 14.9. The monoisotopic (exact) mass is 738 g/mol. The molecule has 6 amide bonds. The van der Waals surface area contributed by atoms with Gasteiger partial charge in [0, 0.05) is 32.0 Å². The minimum atomic E-state index is -1.16. The van der Waals surface area contributed by atoms with Gasteiger partial charge in [0.05, 0.1) is 12.1 Å². The first kappa shape index (κ1) is 41.7. The van der Waals surface area contributed by atoms with E-state index in [9.17, 15) is 28.8 Å². The molecule has 4 aliphatic rings. The Morgan fingerprint density at radius 2 is 1.68 bits per heavy atom. The largest absolute Gasteiger partial charge is 0.447 e. The highest BCUT2D eigenvalue weighted by Gasteiger charge is 2.57. The molecule has 0 radical (unpaired) electrons. The average molecular weight is 739 g/mol. The highest BCUT2D eigenvalue weighted by molar-refractivity contribution is 6.38. The van der Waals surface area contributed by atoms with E-state index < -0.39 is 70.1 Å². The van der Waals surface area contributed by atoms with Crippen LogP contribution in [0.2, 0.25) is 0 Å². The number of hydrogen-bond acceptors (Lipinski definition) is 7. The minimum Gasteiger partial charge on any atom is -0.447 e. The maximum atomic E-state index is 14.9. The van der Waals surface area contributed by atoms with Gasteiger partial charge in [-0.05, 0) is 66.3 Å². The summed E-state index contributed by atoms with van der Waals surface area (Å²) in [5.74, 6) is 0.157. The number of carbonyl (C=O) groups is 6. The summed E-state index contributed by atoms with van der Waals surface area (Å²) in [7, 11) is 0. The molecule has 13 nitrogen and oxygen atoms in total. The summed E-state index contributed by atoms with van der Waals surface area (Å²) in [4.78, 5) is 82.9. The van der Waals surface area contributed by atoms with Gasteiger partial charge in [-0.1, -0.05) is 73.8 Å². The van der Waals surface area contributed by atoms with Crippen LogP contribution < -0.4 is 26.6 Å². The van der Waals surface area contributed by atoms with E-state index in [-0.39, 0.29) is 37.8 Å². The van der Waals surface area contributed by atoms with Crippen molar-refractivity contribution in [1.29, 1.82) is 0 Å². The number of urea groups is 1. The highest BCUT2D eigenvalue weighted by Crippen LogP contribution is 2.52. The quantitative estimate of drug-likeness (QED) is 0.0905. The number of rotatable bonds is 16. The number of fused-ring (bicyclic) bond motifs is 1. The first-order valence-electron chi connectivity index (χ1n) is 19.5. The number of likely N-dealkylation sites (tertiary alicyclic amines) is 1. The van der Waals surface area contributed by atoms with Crippen molar-refractivity contribution in [3.63, 3.8) is 0 Å². The third kappa shape index (κ3) is 10.5. The zero-order chi connectivity index (χ0) is 39.1. The molecular formula is C40H62N6O7. The summed E-state index contributed by atoms with van der Waals surface area (Å²) in [5, 5.41) is 14.2. The Labute approximate surface area is 315 Å². The third-order valence-electron chi connectivity index (χ3n) is 11.5. The van der Waals surface area contributed by atoms with Crippen LogP contribution in [0.25, 0.3) is 0 Å². The van der Waals surface area contributed by atoms with Gasteiger partial charge in [0.1, 0.15) is 18.7 Å². The molecule has 5 N–H and O–H groups in total. The van der Waals surface area contributed by atoms with Crippen LogP contribution in [0.1, 0.15) is 113 Å². The third-order valence-corrected chi connectivity index (χ3v) is 11.5. The van der Waals surface area contributed by atoms with Crippen molar-refractivity contribution in [2.45, 2.75) is 137 Å². The molecule has 4 rings (SSSR count). The number of ketones is 1. The molecule has 0 aromatic carbocycles. The van der Waals surface area contributed by atoms with Crippen LogP contribution in [-0.2, 0) is 23.9 Å². The Morgan fingerprint density at radius 3 is 2.26 bits per heavy atom. The number of hydrogen-bond donors (Lipinski definition) is 5. The molecule has 13 heteroatoms. The molecule has 1 heterocycles. The van der Waals surface area contributed by atoms with Gasteiger partial charge in [-0.2, -0.15) is 0 Å². The molecule has 0 bridgehead atoms. The number of Topliss-reactive ketones (excluding diaryl/α,β-unsaturated/α-hetero) is 1. The molecule has 4 unspecified atom stereocenters. The van der Waals surface area contributed by atoms with Crippen molar-refractivity contribution < 1.29 is 33.5 Å². The van der Waals surface area contributed by atoms with Crippen LogP contribution in [0, 0.1) is 40.4 Å². The Bertz CT molecular complexity index is 1470. The Morgan fingerprint density at radius 1 is 1.00 bits per heavy atom. The van der Waals surface area contributed by atoms with Crippen molar-refractivity contribution in [2.75, 3.05) is 26.2 Å². The van der Waals surface area contributed by atoms with Gasteiger partial charge in [-0.15, -0.1) is 12.3 Å². The van der Waals surface area contributed by atoms with Gasteiger partial charge >= 0.3 is 12.1 Å². The number of carbonyl (C=O) groups excluding carboxylic acids is 6. The van der Waals surface area contributed by atoms with Gasteiger partial charge in [0.2, 0.25) is 17.6 Å². The molecule has 0 spiro atoms. The van der Waals surface area contributed by atoms with Gasteiger partial charge in [0.25, 0.3) is 5.91 Å². The second-order valence-corrected chi connectivity index (χ2v) is 17.5. The molecule has 1 saturated heterocycles. The van der Waals surface area contributed by atoms with Gasteiger partial charge in [-0.3, -0.25) is 19.2 Å². The SMILES string of the molecule is C#CCCC(NC(=O)C1[C@@H]2C(=CC2(C)C)CN1C(=O)C(NC(=O)NC(COC(=O)NCC1CC1)C(C)(C)C)C1(C)CCCCC1)C(=O)C(=O)NCCC. The van der Waals surface area contributed by atoms with Crippen LogP contribution in [0.4, 0.5) is 9.59 Å². The second-order valence-electron chi connectivity index (χ2n) is 17.5. The summed E-state index contributed by atoms with van der Waals surface area (Å²) < 4.78 is 5.50. The molecule has 5 atom stereocenters. The molecule has 0 aromatic heterocycles. The lowest BCUT2D eigenvalue weighted by molar-refractivity contribution is -0.145. The maximum Gasteiger partial charge on any atom is 0.407 e. The molecule has 0 aromatic rings. The number of allylic oxidation sites excluding steroid dienone is 1. The Hall–Kier alpha value is -4.08. The number of alkyl carbamates (subject to hydrolysis) is 1. The number of terminal acetylenes is 1. The van der Waals surface area contributed by atoms with E-state index in [0.29, 0.717) is 38.3 Å². The molecule has 3 fully saturated rings. The predicted octanol–water partition coefficient (Wildman–Crippen LogP) is 3.96. The number of nitrogens with zero attached hydrogens (tertiary/aromatic N) is 1. The Balaban J connectivity index is 1.57. The van der Waals surface area contributed by atoms with E-state index in [2.05, 4.69) is 38.6 Å². The number of ether oxygens (including phenoxy) is 1. The van der Waals surface area contributed by atoms with Crippen molar-refractivity contribution in [3.05, 3.63) is 11.6 Å². The summed E-state index contributed by atoms with van der Waals surface area (Å²) in [6.07, 6.45) is 14.3. The number of amides is 6. The zero-order valence-electron chi connectivity index (χ0n) is 32.8. The van der Waals surface area contributed by atoms with E-state index in [0.717, 1.165) is 37.7 Å². The second kappa shape index (κ2) is 17.4. The topological polar surface area (TPSA) is 175 Å². The number of nitrogens with one attached hydrogen (secondary N) is 5. The molecule has 3 aliphatic carbocycles. The fraction of sp³-hybridized carbons (Fsp3) is 0.750. The van der Waals surface area contributed by atoms with Crippen molar-refractivity contribution in [2.24, 2.45) is 28.1 Å². The van der Waals surface area contributed by atoms with Crippen LogP contribution in [0.15, 0.2) is 11.6 Å². The van der Waals surface area contributed by atoms with E-state index in [1.165, 1.54) is 0 Å². The van der Waals surface area contributed by atoms with E-state index in [1.807, 2.05) is 48.5 Å². The van der Waals surface area contributed by atoms with E-state index in [4.69, 9.17) is 11.2 Å². The summed E-state index contributed by atoms with van der Waals surface area (Å²) in [6, 6.07) is -4.24. The van der Waals surface area contributed by atoms with Crippen LogP contribution in [0.5, 0.6) is 0 Å². The summed E-state index contributed by atoms with van der Waals surface area (Å²) in [6.45, 7) is 14.7. The predicted molar refractivity (Wildman–Crippen MR) is 201 cm³/mol. The lowest BCUT2D eigenvalue weighted by Crippen LogP contribution is -2.63. The van der Waals surface area contributed by atoms with E-state index in [1.54, 1.807) is 4.90 Å². The standard InChI is InChI=1S/C40H62N6O7/c1-9-11-15-27(31(47)34(49)41-20-10-2)43-33(48)30-29-26(21-39(29,6)7)23-46(30)35(50)32(40(8)18-13-12-14-19-40)45-36(51)44-28(38(3,4)5)24-53-37(52)42-22-25-16-17-25/h1,21,25,27-30,32H,10-20,22-24H2,2-8H3,(H,41,49)(H,42,52)(H,43,48)(H2,44,45,51)/t27?,28?,29-,30?,32?/m0/s1. The molecule has 294 valence electrons.